The van der Waals surface area contributed by atoms with Crippen LogP contribution >= 0.6 is 11.3 Å². The average molecular weight is 170 g/mol. The normalized spacial score (nSPS) is 21.2. The van der Waals surface area contributed by atoms with Crippen LogP contribution in [0, 0.1) is 0 Å². The molecule has 1 aromatic rings. The largest absolute Gasteiger partial charge is 0.320 e. The summed E-state index contributed by atoms with van der Waals surface area (Å²) in [6.45, 7) is 0. The molecule has 60 valence electrons. The van der Waals surface area contributed by atoms with Gasteiger partial charge in [-0.2, -0.15) is 0 Å². The number of rotatable bonds is 1. The maximum atomic E-state index is 10.8. The molecule has 11 heavy (non-hydrogen) atoms. The molecule has 4 heteroatoms. The summed E-state index contributed by atoms with van der Waals surface area (Å²) in [6.07, 6.45) is 3.17. The highest BCUT2D eigenvalue weighted by Crippen LogP contribution is 2.37. The highest BCUT2D eigenvalue weighted by atomic mass is 32.1. The number of aromatic nitrogens is 1. The summed E-state index contributed by atoms with van der Waals surface area (Å²) in [5.41, 5.74) is 6.68. The summed E-state index contributed by atoms with van der Waals surface area (Å²) in [5, 5.41) is 1.83. The maximum Gasteiger partial charge on any atom is 0.304 e. The number of hydrogen-bond acceptors (Lipinski definition) is 3. The van der Waals surface area contributed by atoms with E-state index >= 15 is 0 Å². The van der Waals surface area contributed by atoms with Crippen molar-refractivity contribution in [3.8, 4) is 0 Å². The van der Waals surface area contributed by atoms with Crippen molar-refractivity contribution < 1.29 is 0 Å². The van der Waals surface area contributed by atoms with Crippen LogP contribution in [-0.4, -0.2) is 4.98 Å². The molecule has 0 aromatic carbocycles. The van der Waals surface area contributed by atoms with Gasteiger partial charge in [-0.15, -0.1) is 0 Å². The Morgan fingerprint density at radius 3 is 2.73 bits per heavy atom. The first kappa shape index (κ1) is 7.06. The quantitative estimate of drug-likeness (QED) is 0.654. The Morgan fingerprint density at radius 2 is 2.36 bits per heavy atom. The van der Waals surface area contributed by atoms with E-state index in [0.717, 1.165) is 18.5 Å². The van der Waals surface area contributed by atoms with Crippen LogP contribution in [0.5, 0.6) is 0 Å². The van der Waals surface area contributed by atoms with Gasteiger partial charge in [0.1, 0.15) is 0 Å². The van der Waals surface area contributed by atoms with Gasteiger partial charge in [0, 0.05) is 11.1 Å². The van der Waals surface area contributed by atoms with Gasteiger partial charge in [-0.25, -0.2) is 0 Å². The Bertz CT molecular complexity index is 310. The summed E-state index contributed by atoms with van der Waals surface area (Å²) in [6, 6.07) is 0. The number of nitrogens with two attached hydrogens (primary N) is 1. The Hall–Kier alpha value is -0.610. The summed E-state index contributed by atoms with van der Waals surface area (Å²) in [7, 11) is 0. The molecule has 1 heterocycles. The van der Waals surface area contributed by atoms with E-state index in [4.69, 9.17) is 5.73 Å². The first-order valence-corrected chi connectivity index (χ1v) is 4.56. The van der Waals surface area contributed by atoms with Gasteiger partial charge >= 0.3 is 4.87 Å². The molecule has 0 saturated heterocycles. The summed E-state index contributed by atoms with van der Waals surface area (Å²) in [4.78, 5) is 13.5. The van der Waals surface area contributed by atoms with Crippen molar-refractivity contribution in [3.05, 3.63) is 20.7 Å². The van der Waals surface area contributed by atoms with E-state index in [1.165, 1.54) is 17.8 Å². The Morgan fingerprint density at radius 1 is 1.64 bits per heavy atom. The molecular formula is C7H10N2OS. The second-order valence-corrected chi connectivity index (χ2v) is 3.91. The number of H-pyrrole nitrogens is 1. The van der Waals surface area contributed by atoms with E-state index in [9.17, 15) is 4.79 Å². The molecule has 1 aromatic heterocycles. The third-order valence-electron chi connectivity index (χ3n) is 2.30. The molecule has 0 aliphatic heterocycles. The molecule has 1 aliphatic carbocycles. The lowest BCUT2D eigenvalue weighted by Crippen LogP contribution is -2.43. The van der Waals surface area contributed by atoms with Crippen molar-refractivity contribution >= 4 is 11.3 Å². The minimum Gasteiger partial charge on any atom is -0.320 e. The van der Waals surface area contributed by atoms with Crippen LogP contribution < -0.4 is 10.6 Å². The van der Waals surface area contributed by atoms with Crippen LogP contribution in [0.1, 0.15) is 25.0 Å². The van der Waals surface area contributed by atoms with E-state index in [1.807, 2.05) is 5.38 Å². The molecule has 0 bridgehead atoms. The minimum absolute atomic E-state index is 0.00303. The number of thiazole rings is 1. The SMILES string of the molecule is NC1(c2csc(=O)[nH]2)CCC1. The number of hydrogen-bond donors (Lipinski definition) is 2. The fraction of sp³-hybridized carbons (Fsp3) is 0.571. The van der Waals surface area contributed by atoms with Crippen molar-refractivity contribution in [1.82, 2.24) is 4.98 Å². The average Bonchev–Trinajstić information content (AvgIpc) is 2.31. The lowest BCUT2D eigenvalue weighted by molar-refractivity contribution is 0.247. The predicted octanol–water partition coefficient (Wildman–Crippen LogP) is 0.774. The van der Waals surface area contributed by atoms with Gasteiger partial charge < -0.3 is 10.7 Å². The molecule has 3 N–H and O–H groups in total. The topological polar surface area (TPSA) is 58.9 Å². The molecule has 0 atom stereocenters. The standard InChI is InChI=1S/C7H10N2OS/c8-7(2-1-3-7)5-4-11-6(10)9-5/h4H,1-3,8H2,(H,9,10). The van der Waals surface area contributed by atoms with Crippen molar-refractivity contribution in [2.45, 2.75) is 24.8 Å². The first-order chi connectivity index (χ1) is 5.21. The van der Waals surface area contributed by atoms with Gasteiger partial charge in [0.25, 0.3) is 0 Å². The Balaban J connectivity index is 2.35. The predicted molar refractivity (Wildman–Crippen MR) is 44.7 cm³/mol. The molecule has 1 saturated carbocycles. The highest BCUT2D eigenvalue weighted by molar-refractivity contribution is 7.07. The molecule has 0 radical (unpaired) electrons. The fourth-order valence-electron chi connectivity index (χ4n) is 1.35. The van der Waals surface area contributed by atoms with E-state index in [-0.39, 0.29) is 10.4 Å². The second kappa shape index (κ2) is 2.19. The van der Waals surface area contributed by atoms with Crippen LogP contribution in [0.15, 0.2) is 10.2 Å². The van der Waals surface area contributed by atoms with Crippen molar-refractivity contribution in [1.29, 1.82) is 0 Å². The summed E-state index contributed by atoms with van der Waals surface area (Å²) in [5.74, 6) is 0. The number of aromatic amines is 1. The molecule has 1 fully saturated rings. The number of nitrogens with one attached hydrogen (secondary N) is 1. The Labute approximate surface area is 68.2 Å². The van der Waals surface area contributed by atoms with E-state index in [0.29, 0.717) is 0 Å². The van der Waals surface area contributed by atoms with Gasteiger partial charge in [-0.05, 0) is 19.3 Å². The molecule has 0 amide bonds. The van der Waals surface area contributed by atoms with E-state index in [2.05, 4.69) is 4.98 Å². The molecule has 0 unspecified atom stereocenters. The Kier molecular flexibility index (Phi) is 1.40. The zero-order valence-corrected chi connectivity index (χ0v) is 6.91. The zero-order chi connectivity index (χ0) is 7.90. The fourth-order valence-corrected chi connectivity index (χ4v) is 2.04. The van der Waals surface area contributed by atoms with E-state index < -0.39 is 0 Å². The van der Waals surface area contributed by atoms with Gasteiger partial charge in [-0.1, -0.05) is 11.3 Å². The third kappa shape index (κ3) is 1.02. The third-order valence-corrected chi connectivity index (χ3v) is 2.97. The van der Waals surface area contributed by atoms with Crippen molar-refractivity contribution in [2.75, 3.05) is 0 Å². The zero-order valence-electron chi connectivity index (χ0n) is 6.09. The van der Waals surface area contributed by atoms with Gasteiger partial charge in [0.05, 0.1) is 5.54 Å². The molecule has 0 spiro atoms. The van der Waals surface area contributed by atoms with Crippen LogP contribution in [0.4, 0.5) is 0 Å². The lowest BCUT2D eigenvalue weighted by atomic mass is 9.76. The lowest BCUT2D eigenvalue weighted by Gasteiger charge is -2.36. The first-order valence-electron chi connectivity index (χ1n) is 3.68. The molecule has 1 aliphatic rings. The molecular weight excluding hydrogens is 160 g/mol. The summed E-state index contributed by atoms with van der Waals surface area (Å²) >= 11 is 1.19. The minimum atomic E-state index is -0.209. The van der Waals surface area contributed by atoms with Gasteiger partial charge in [0.2, 0.25) is 0 Å². The van der Waals surface area contributed by atoms with Gasteiger partial charge in [-0.3, -0.25) is 4.79 Å². The van der Waals surface area contributed by atoms with Gasteiger partial charge in [0.15, 0.2) is 0 Å². The smallest absolute Gasteiger partial charge is 0.304 e. The van der Waals surface area contributed by atoms with E-state index in [1.54, 1.807) is 0 Å². The molecule has 2 rings (SSSR count). The highest BCUT2D eigenvalue weighted by Gasteiger charge is 2.35. The maximum absolute atomic E-state index is 10.8. The monoisotopic (exact) mass is 170 g/mol. The van der Waals surface area contributed by atoms with Crippen molar-refractivity contribution in [2.24, 2.45) is 5.73 Å². The van der Waals surface area contributed by atoms with Crippen molar-refractivity contribution in [3.63, 3.8) is 0 Å². The van der Waals surface area contributed by atoms with Crippen LogP contribution in [0.3, 0.4) is 0 Å². The van der Waals surface area contributed by atoms with Crippen LogP contribution in [-0.2, 0) is 5.54 Å². The van der Waals surface area contributed by atoms with Crippen LogP contribution in [0.25, 0.3) is 0 Å². The molecule has 3 nitrogen and oxygen atoms in total. The summed E-state index contributed by atoms with van der Waals surface area (Å²) < 4.78 is 0. The second-order valence-electron chi connectivity index (χ2n) is 3.07. The van der Waals surface area contributed by atoms with Crippen LogP contribution in [0.2, 0.25) is 0 Å².